The molecule has 0 N–H and O–H groups in total. The summed E-state index contributed by atoms with van der Waals surface area (Å²) < 4.78 is 20.1. The second kappa shape index (κ2) is 13.6. The summed E-state index contributed by atoms with van der Waals surface area (Å²) >= 11 is 15.8. The van der Waals surface area contributed by atoms with Crippen LogP contribution in [0.2, 0.25) is 10.0 Å². The number of aromatic nitrogens is 1. The maximum Gasteiger partial charge on any atom is 0.338 e. The van der Waals surface area contributed by atoms with Gasteiger partial charge in [-0.05, 0) is 88.7 Å². The molecule has 5 aromatic rings. The minimum atomic E-state index is -0.714. The minimum Gasteiger partial charge on any atom is -0.493 e. The number of thiazole rings is 1. The molecule has 0 radical (unpaired) electrons. The van der Waals surface area contributed by atoms with Crippen LogP contribution in [0, 0.1) is 3.57 Å². The average Bonchev–Trinajstić information content (AvgIpc) is 3.33. The summed E-state index contributed by atoms with van der Waals surface area (Å²) in [5.41, 5.74) is 2.95. The molecule has 46 heavy (non-hydrogen) atoms. The molecule has 1 atom stereocenters. The van der Waals surface area contributed by atoms with Gasteiger partial charge in [0.25, 0.3) is 5.56 Å². The highest BCUT2D eigenvalue weighted by molar-refractivity contribution is 14.1. The Hall–Kier alpha value is -3.64. The van der Waals surface area contributed by atoms with E-state index in [4.69, 9.17) is 42.4 Å². The van der Waals surface area contributed by atoms with E-state index < -0.39 is 12.0 Å². The van der Waals surface area contributed by atoms with Gasteiger partial charge in [-0.2, -0.15) is 0 Å². The van der Waals surface area contributed by atoms with E-state index in [1.807, 2.05) is 60.7 Å². The van der Waals surface area contributed by atoms with Crippen LogP contribution in [-0.2, 0) is 16.1 Å². The van der Waals surface area contributed by atoms with Crippen molar-refractivity contribution in [1.82, 2.24) is 4.57 Å². The zero-order chi connectivity index (χ0) is 32.5. The number of esters is 1. The van der Waals surface area contributed by atoms with Crippen molar-refractivity contribution in [3.05, 3.63) is 134 Å². The molecule has 0 saturated carbocycles. The molecule has 4 aromatic carbocycles. The van der Waals surface area contributed by atoms with Crippen molar-refractivity contribution < 1.29 is 19.0 Å². The van der Waals surface area contributed by atoms with Gasteiger partial charge < -0.3 is 14.2 Å². The molecule has 0 unspecified atom stereocenters. The Balaban J connectivity index is 1.45. The summed E-state index contributed by atoms with van der Waals surface area (Å²) in [5.74, 6) is 0.564. The van der Waals surface area contributed by atoms with Gasteiger partial charge >= 0.3 is 5.97 Å². The van der Waals surface area contributed by atoms with E-state index in [2.05, 4.69) is 22.6 Å². The fraction of sp³-hybridized carbons (Fsp3) is 0.171. The lowest BCUT2D eigenvalue weighted by atomic mass is 9.91. The number of hydrogen-bond acceptors (Lipinski definition) is 7. The lowest BCUT2D eigenvalue weighted by Gasteiger charge is -2.25. The number of allylic oxidation sites excluding steroid dienone is 1. The summed E-state index contributed by atoms with van der Waals surface area (Å²) in [6, 6.07) is 22.1. The van der Waals surface area contributed by atoms with E-state index in [9.17, 15) is 9.59 Å². The Labute approximate surface area is 292 Å². The van der Waals surface area contributed by atoms with E-state index in [1.54, 1.807) is 43.7 Å². The van der Waals surface area contributed by atoms with Crippen LogP contribution in [0.3, 0.4) is 0 Å². The van der Waals surface area contributed by atoms with E-state index in [1.165, 1.54) is 11.3 Å². The van der Waals surface area contributed by atoms with Crippen LogP contribution in [0.15, 0.2) is 93.9 Å². The summed E-state index contributed by atoms with van der Waals surface area (Å²) in [7, 11) is 1.56. The lowest BCUT2D eigenvalue weighted by Crippen LogP contribution is -2.40. The maximum absolute atomic E-state index is 14.2. The van der Waals surface area contributed by atoms with E-state index in [-0.39, 0.29) is 18.8 Å². The van der Waals surface area contributed by atoms with Crippen molar-refractivity contribution in [2.24, 2.45) is 4.99 Å². The summed E-state index contributed by atoms with van der Waals surface area (Å²) in [6.07, 6.45) is 1.80. The number of carbonyl (C=O) groups is 1. The standard InChI is InChI=1S/C35H27Cl2IN2O5S/c1-4-44-34(42)30-19(2)39-35-40(31(30)25-11-7-9-21-8-5-6-10-24(21)25)33(41)29(46-35)16-20-14-27(38)32(28(15-20)43-3)45-18-22-12-13-23(36)17-26(22)37/h5-17,31H,4,18H2,1-3H3/b29-16+/t31-/m1/s1. The molecule has 0 spiro atoms. The molecule has 1 aliphatic heterocycles. The van der Waals surface area contributed by atoms with Crippen LogP contribution < -0.4 is 24.4 Å². The lowest BCUT2D eigenvalue weighted by molar-refractivity contribution is -0.139. The number of rotatable bonds is 8. The van der Waals surface area contributed by atoms with Gasteiger partial charge in [0.05, 0.1) is 39.1 Å². The van der Waals surface area contributed by atoms with Gasteiger partial charge in [0.2, 0.25) is 0 Å². The number of fused-ring (bicyclic) bond motifs is 2. The Kier molecular flexibility index (Phi) is 9.56. The predicted molar refractivity (Wildman–Crippen MR) is 191 cm³/mol. The zero-order valence-corrected chi connectivity index (χ0v) is 29.5. The molecular formula is C35H27Cl2IN2O5S. The van der Waals surface area contributed by atoms with Crippen LogP contribution in [0.5, 0.6) is 11.5 Å². The van der Waals surface area contributed by atoms with Gasteiger partial charge in [-0.1, -0.05) is 83.1 Å². The van der Waals surface area contributed by atoms with Gasteiger partial charge in [-0.15, -0.1) is 0 Å². The molecule has 0 fully saturated rings. The first kappa shape index (κ1) is 32.3. The van der Waals surface area contributed by atoms with Gasteiger partial charge in [0.1, 0.15) is 6.61 Å². The fourth-order valence-electron chi connectivity index (χ4n) is 5.48. The predicted octanol–water partition coefficient (Wildman–Crippen LogP) is 7.45. The van der Waals surface area contributed by atoms with Crippen molar-refractivity contribution in [3.8, 4) is 11.5 Å². The van der Waals surface area contributed by atoms with Crippen molar-refractivity contribution in [2.45, 2.75) is 26.5 Å². The number of carbonyl (C=O) groups excluding carboxylic acids is 1. The molecule has 11 heteroatoms. The van der Waals surface area contributed by atoms with Gasteiger partial charge in [0, 0.05) is 15.6 Å². The molecule has 0 saturated heterocycles. The van der Waals surface area contributed by atoms with Gasteiger partial charge in [-0.3, -0.25) is 9.36 Å². The van der Waals surface area contributed by atoms with Crippen LogP contribution in [-0.4, -0.2) is 24.3 Å². The molecule has 0 bridgehead atoms. The number of nitrogens with zero attached hydrogens (tertiary/aromatic N) is 2. The molecule has 2 heterocycles. The molecule has 6 rings (SSSR count). The monoisotopic (exact) mass is 784 g/mol. The minimum absolute atomic E-state index is 0.204. The van der Waals surface area contributed by atoms with Crippen molar-refractivity contribution >= 4 is 79.9 Å². The number of halogens is 3. The Morgan fingerprint density at radius 2 is 1.87 bits per heavy atom. The average molecular weight is 785 g/mol. The first-order chi connectivity index (χ1) is 22.2. The molecule has 1 aliphatic rings. The molecule has 1 aromatic heterocycles. The van der Waals surface area contributed by atoms with Crippen LogP contribution in [0.25, 0.3) is 16.8 Å². The number of ether oxygens (including phenoxy) is 3. The second-order valence-electron chi connectivity index (χ2n) is 10.4. The summed E-state index contributed by atoms with van der Waals surface area (Å²) in [4.78, 5) is 32.8. The maximum atomic E-state index is 14.2. The fourth-order valence-corrected chi connectivity index (χ4v) is 7.77. The Bertz CT molecular complexity index is 2220. The smallest absolute Gasteiger partial charge is 0.338 e. The molecule has 0 aliphatic carbocycles. The van der Waals surface area contributed by atoms with Gasteiger partial charge in [-0.25, -0.2) is 9.79 Å². The van der Waals surface area contributed by atoms with Crippen molar-refractivity contribution in [1.29, 1.82) is 0 Å². The van der Waals surface area contributed by atoms with Crippen molar-refractivity contribution in [3.63, 3.8) is 0 Å². The number of methoxy groups -OCH3 is 1. The Morgan fingerprint density at radius 1 is 1.09 bits per heavy atom. The third kappa shape index (κ3) is 6.21. The highest BCUT2D eigenvalue weighted by atomic mass is 127. The SMILES string of the molecule is CCOC(=O)C1=C(C)N=c2s/c(=C/c3cc(I)c(OCc4ccc(Cl)cc4Cl)c(OC)c3)c(=O)n2[C@@H]1c1cccc2ccccc12. The third-order valence-electron chi connectivity index (χ3n) is 7.57. The van der Waals surface area contributed by atoms with E-state index in [0.29, 0.717) is 42.1 Å². The van der Waals surface area contributed by atoms with Crippen LogP contribution >= 0.6 is 57.1 Å². The zero-order valence-electron chi connectivity index (χ0n) is 25.0. The van der Waals surface area contributed by atoms with E-state index in [0.717, 1.165) is 31.0 Å². The highest BCUT2D eigenvalue weighted by Crippen LogP contribution is 2.37. The van der Waals surface area contributed by atoms with Crippen molar-refractivity contribution in [2.75, 3.05) is 13.7 Å². The molecule has 0 amide bonds. The first-order valence-corrected chi connectivity index (χ1v) is 17.0. The highest BCUT2D eigenvalue weighted by Gasteiger charge is 2.34. The van der Waals surface area contributed by atoms with E-state index >= 15 is 0 Å². The second-order valence-corrected chi connectivity index (χ2v) is 13.4. The molecule has 234 valence electrons. The van der Waals surface area contributed by atoms with Crippen LogP contribution in [0.4, 0.5) is 0 Å². The summed E-state index contributed by atoms with van der Waals surface area (Å²) in [6.45, 7) is 3.96. The molecular weight excluding hydrogens is 758 g/mol. The number of benzene rings is 4. The third-order valence-corrected chi connectivity index (χ3v) is 9.94. The number of hydrogen-bond donors (Lipinski definition) is 0. The molecule has 7 nitrogen and oxygen atoms in total. The summed E-state index contributed by atoms with van der Waals surface area (Å²) in [5, 5.41) is 3.00. The largest absolute Gasteiger partial charge is 0.493 e. The normalized spacial score (nSPS) is 14.7. The van der Waals surface area contributed by atoms with Crippen LogP contribution in [0.1, 0.15) is 36.6 Å². The first-order valence-electron chi connectivity index (χ1n) is 14.3. The topological polar surface area (TPSA) is 79.1 Å². The van der Waals surface area contributed by atoms with Gasteiger partial charge in [0.15, 0.2) is 16.3 Å². The quantitative estimate of drug-likeness (QED) is 0.121. The Morgan fingerprint density at radius 3 is 2.63 bits per heavy atom.